The summed E-state index contributed by atoms with van der Waals surface area (Å²) in [5.41, 5.74) is -0.348. The van der Waals surface area contributed by atoms with Crippen LogP contribution in [0.3, 0.4) is 0 Å². The van der Waals surface area contributed by atoms with Gasteiger partial charge in [-0.05, 0) is 20.8 Å². The van der Waals surface area contributed by atoms with Crippen LogP contribution >= 0.6 is 0 Å². The molecular formula is C6H12O3. The largest absolute Gasteiger partial charge is 0.346 e. The van der Waals surface area contributed by atoms with Gasteiger partial charge in [0.1, 0.15) is 0 Å². The van der Waals surface area contributed by atoms with Crippen molar-refractivity contribution < 1.29 is 14.6 Å². The number of ether oxygens (including phenoxy) is 2. The summed E-state index contributed by atoms with van der Waals surface area (Å²) in [5.74, 6) is 0. The smallest absolute Gasteiger partial charge is 0.270 e. The lowest BCUT2D eigenvalue weighted by Crippen LogP contribution is -2.30. The Morgan fingerprint density at radius 3 is 2.11 bits per heavy atom. The first-order valence-electron chi connectivity index (χ1n) is 3.04. The van der Waals surface area contributed by atoms with E-state index in [0.717, 1.165) is 0 Å². The van der Waals surface area contributed by atoms with Crippen molar-refractivity contribution in [1.82, 2.24) is 0 Å². The zero-order valence-corrected chi connectivity index (χ0v) is 5.92. The predicted molar refractivity (Wildman–Crippen MR) is 31.7 cm³/mol. The molecule has 0 aromatic heterocycles. The summed E-state index contributed by atoms with van der Waals surface area (Å²) in [7, 11) is 0. The Labute approximate surface area is 54.6 Å². The van der Waals surface area contributed by atoms with Crippen LogP contribution in [0.25, 0.3) is 0 Å². The molecule has 9 heavy (non-hydrogen) atoms. The third-order valence-electron chi connectivity index (χ3n) is 1.70. The molecule has 1 heterocycles. The van der Waals surface area contributed by atoms with Gasteiger partial charge < -0.3 is 14.6 Å². The maximum Gasteiger partial charge on any atom is 0.270 e. The van der Waals surface area contributed by atoms with Gasteiger partial charge in [-0.15, -0.1) is 0 Å². The fraction of sp³-hybridized carbons (Fsp3) is 1.00. The lowest BCUT2D eigenvalue weighted by Gasteiger charge is -2.18. The van der Waals surface area contributed by atoms with Gasteiger partial charge in [-0.1, -0.05) is 0 Å². The average Bonchev–Trinajstić information content (AvgIpc) is 1.79. The van der Waals surface area contributed by atoms with Crippen molar-refractivity contribution in [3.05, 3.63) is 0 Å². The Kier molecular flexibility index (Phi) is 1.50. The molecule has 1 aliphatic heterocycles. The van der Waals surface area contributed by atoms with Crippen LogP contribution in [0.2, 0.25) is 0 Å². The molecule has 2 atom stereocenters. The molecule has 54 valence electrons. The summed E-state index contributed by atoms with van der Waals surface area (Å²) in [6.07, 6.45) is -0.0347. The van der Waals surface area contributed by atoms with Crippen molar-refractivity contribution in [3.8, 4) is 0 Å². The normalized spacial score (nSPS) is 41.3. The maximum atomic E-state index is 8.79. The molecule has 0 radical (unpaired) electrons. The van der Waals surface area contributed by atoms with Gasteiger partial charge >= 0.3 is 0 Å². The van der Waals surface area contributed by atoms with Crippen molar-refractivity contribution in [2.24, 2.45) is 0 Å². The highest BCUT2D eigenvalue weighted by Gasteiger charge is 2.38. The van der Waals surface area contributed by atoms with Gasteiger partial charge in [0.05, 0.1) is 11.7 Å². The van der Waals surface area contributed by atoms with Gasteiger partial charge in [-0.2, -0.15) is 0 Å². The molecule has 1 aliphatic rings. The van der Waals surface area contributed by atoms with Gasteiger partial charge in [0.25, 0.3) is 6.48 Å². The Hall–Kier alpha value is -0.120. The maximum absolute atomic E-state index is 8.79. The molecule has 1 rings (SSSR count). The number of hydrogen-bond donors (Lipinski definition) is 1. The van der Waals surface area contributed by atoms with E-state index in [0.29, 0.717) is 0 Å². The minimum Gasteiger partial charge on any atom is -0.346 e. The molecule has 0 amide bonds. The molecule has 0 saturated carbocycles. The van der Waals surface area contributed by atoms with Crippen molar-refractivity contribution in [1.29, 1.82) is 0 Å². The predicted octanol–water partition coefficient (Wildman–Crippen LogP) is 0.476. The van der Waals surface area contributed by atoms with Crippen molar-refractivity contribution in [2.45, 2.75) is 39.0 Å². The standard InChI is InChI=1S/C6H12O3/c1-4-6(2,3)9-5(7)8-4/h4-5,7H,1-3H3/t4-,5?/m1/s1. The second-order valence-electron chi connectivity index (χ2n) is 2.81. The summed E-state index contributed by atoms with van der Waals surface area (Å²) < 4.78 is 9.90. The third kappa shape index (κ3) is 1.23. The Morgan fingerprint density at radius 2 is 2.00 bits per heavy atom. The topological polar surface area (TPSA) is 38.7 Å². The first-order chi connectivity index (χ1) is 4.02. The molecule has 0 aromatic carbocycles. The molecule has 1 unspecified atom stereocenters. The van der Waals surface area contributed by atoms with Crippen molar-refractivity contribution >= 4 is 0 Å². The SMILES string of the molecule is C[C@H]1OC(O)OC1(C)C. The zero-order chi connectivity index (χ0) is 7.07. The van der Waals surface area contributed by atoms with Crippen LogP contribution in [0.1, 0.15) is 20.8 Å². The molecule has 3 heteroatoms. The number of aliphatic hydroxyl groups is 1. The fourth-order valence-electron chi connectivity index (χ4n) is 0.722. The Morgan fingerprint density at radius 1 is 1.44 bits per heavy atom. The van der Waals surface area contributed by atoms with E-state index in [2.05, 4.69) is 0 Å². The highest BCUT2D eigenvalue weighted by Crippen LogP contribution is 2.27. The number of aliphatic hydroxyl groups excluding tert-OH is 1. The first-order valence-corrected chi connectivity index (χ1v) is 3.04. The monoisotopic (exact) mass is 132 g/mol. The average molecular weight is 132 g/mol. The second-order valence-corrected chi connectivity index (χ2v) is 2.81. The molecule has 0 bridgehead atoms. The van der Waals surface area contributed by atoms with Crippen molar-refractivity contribution in [3.63, 3.8) is 0 Å². The van der Waals surface area contributed by atoms with E-state index in [1.807, 2.05) is 20.8 Å². The Balaban J connectivity index is 2.58. The molecule has 1 N–H and O–H groups in total. The van der Waals surface area contributed by atoms with Crippen LogP contribution in [0.15, 0.2) is 0 Å². The molecule has 0 aromatic rings. The second kappa shape index (κ2) is 1.94. The van der Waals surface area contributed by atoms with Crippen LogP contribution in [0.5, 0.6) is 0 Å². The van der Waals surface area contributed by atoms with E-state index in [9.17, 15) is 0 Å². The van der Waals surface area contributed by atoms with Gasteiger partial charge in [0.2, 0.25) is 0 Å². The van der Waals surface area contributed by atoms with E-state index in [-0.39, 0.29) is 11.7 Å². The highest BCUT2D eigenvalue weighted by atomic mass is 16.8. The summed E-state index contributed by atoms with van der Waals surface area (Å²) in [6.45, 7) is 4.60. The van der Waals surface area contributed by atoms with Gasteiger partial charge in [-0.25, -0.2) is 0 Å². The van der Waals surface area contributed by atoms with E-state index in [1.165, 1.54) is 0 Å². The fourth-order valence-corrected chi connectivity index (χ4v) is 0.722. The molecular weight excluding hydrogens is 120 g/mol. The lowest BCUT2D eigenvalue weighted by atomic mass is 10.0. The molecule has 1 saturated heterocycles. The zero-order valence-electron chi connectivity index (χ0n) is 5.92. The van der Waals surface area contributed by atoms with E-state index >= 15 is 0 Å². The quantitative estimate of drug-likeness (QED) is 0.521. The number of rotatable bonds is 0. The Bertz CT molecular complexity index is 111. The van der Waals surface area contributed by atoms with Crippen LogP contribution in [-0.4, -0.2) is 23.3 Å². The summed E-state index contributed by atoms with van der Waals surface area (Å²) in [4.78, 5) is 0. The van der Waals surface area contributed by atoms with E-state index in [4.69, 9.17) is 14.6 Å². The minimum absolute atomic E-state index is 0.0347. The van der Waals surface area contributed by atoms with Crippen LogP contribution < -0.4 is 0 Å². The molecule has 0 spiro atoms. The van der Waals surface area contributed by atoms with Gasteiger partial charge in [-0.3, -0.25) is 0 Å². The molecule has 1 fully saturated rings. The van der Waals surface area contributed by atoms with Gasteiger partial charge in [0.15, 0.2) is 0 Å². The van der Waals surface area contributed by atoms with Crippen LogP contribution in [0, 0.1) is 0 Å². The minimum atomic E-state index is -1.03. The van der Waals surface area contributed by atoms with Crippen LogP contribution in [0.4, 0.5) is 0 Å². The van der Waals surface area contributed by atoms with E-state index < -0.39 is 6.48 Å². The van der Waals surface area contributed by atoms with E-state index in [1.54, 1.807) is 0 Å². The lowest BCUT2D eigenvalue weighted by molar-refractivity contribution is -0.217. The van der Waals surface area contributed by atoms with Crippen molar-refractivity contribution in [2.75, 3.05) is 0 Å². The first kappa shape index (κ1) is 6.99. The molecule has 0 aliphatic carbocycles. The van der Waals surface area contributed by atoms with Crippen LogP contribution in [-0.2, 0) is 9.47 Å². The third-order valence-corrected chi connectivity index (χ3v) is 1.70. The summed E-state index contributed by atoms with van der Waals surface area (Å²) >= 11 is 0. The summed E-state index contributed by atoms with van der Waals surface area (Å²) in [6, 6.07) is 0. The molecule has 3 nitrogen and oxygen atoms in total. The number of hydrogen-bond acceptors (Lipinski definition) is 3. The highest BCUT2D eigenvalue weighted by molar-refractivity contribution is 4.80. The van der Waals surface area contributed by atoms with Gasteiger partial charge in [0, 0.05) is 0 Å². The summed E-state index contributed by atoms with van der Waals surface area (Å²) in [5, 5.41) is 8.79.